The maximum absolute atomic E-state index is 5.83. The Kier molecular flexibility index (Phi) is 2.29. The zero-order valence-electron chi connectivity index (χ0n) is 7.85. The first-order valence-electron chi connectivity index (χ1n) is 4.54. The van der Waals surface area contributed by atoms with Crippen molar-refractivity contribution < 1.29 is 0 Å². The molecule has 0 radical (unpaired) electrons. The number of rotatable bonds is 2. The smallest absolute Gasteiger partial charge is 0.0702 e. The van der Waals surface area contributed by atoms with E-state index in [9.17, 15) is 0 Å². The quantitative estimate of drug-likeness (QED) is 0.728. The van der Waals surface area contributed by atoms with E-state index >= 15 is 0 Å². The topological polar surface area (TPSA) is 38.9 Å². The molecule has 2 N–H and O–H groups in total. The molecule has 1 heterocycles. The van der Waals surface area contributed by atoms with Gasteiger partial charge in [0.1, 0.15) is 0 Å². The van der Waals surface area contributed by atoms with Crippen LogP contribution in [0.4, 0.5) is 0 Å². The molecule has 2 heteroatoms. The molecule has 0 aliphatic heterocycles. The molecular weight excluding hydrogens is 172 g/mol. The van der Waals surface area contributed by atoms with Crippen LogP contribution in [0.3, 0.4) is 0 Å². The standard InChI is InChI=1S/C12H12N2/c1-2-11(13)10-7-9-5-3-4-6-12(9)14-8-10/h2-8,11H,1,13H2. The van der Waals surface area contributed by atoms with Crippen molar-refractivity contribution in [2.24, 2.45) is 5.73 Å². The number of nitrogens with two attached hydrogens (primary N) is 1. The van der Waals surface area contributed by atoms with Crippen molar-refractivity contribution in [3.8, 4) is 0 Å². The predicted octanol–water partition coefficient (Wildman–Crippen LogP) is 2.42. The Labute approximate surface area is 83.1 Å². The number of benzene rings is 1. The van der Waals surface area contributed by atoms with Gasteiger partial charge in [-0.1, -0.05) is 24.3 Å². The fourth-order valence-electron chi connectivity index (χ4n) is 1.41. The van der Waals surface area contributed by atoms with Crippen molar-refractivity contribution in [1.29, 1.82) is 0 Å². The fraction of sp³-hybridized carbons (Fsp3) is 0.0833. The number of fused-ring (bicyclic) bond motifs is 1. The Morgan fingerprint density at radius 1 is 1.36 bits per heavy atom. The van der Waals surface area contributed by atoms with Crippen molar-refractivity contribution in [2.45, 2.75) is 6.04 Å². The minimum absolute atomic E-state index is 0.132. The number of hydrogen-bond donors (Lipinski definition) is 1. The average Bonchev–Trinajstić information content (AvgIpc) is 2.27. The molecule has 0 fully saturated rings. The van der Waals surface area contributed by atoms with Crippen LogP contribution in [-0.2, 0) is 0 Å². The molecule has 0 saturated carbocycles. The molecule has 0 amide bonds. The van der Waals surface area contributed by atoms with Gasteiger partial charge in [-0.2, -0.15) is 0 Å². The van der Waals surface area contributed by atoms with Crippen LogP contribution in [0, 0.1) is 0 Å². The summed E-state index contributed by atoms with van der Waals surface area (Å²) in [5.41, 5.74) is 7.82. The normalized spacial score (nSPS) is 12.6. The maximum Gasteiger partial charge on any atom is 0.0702 e. The van der Waals surface area contributed by atoms with E-state index in [2.05, 4.69) is 17.6 Å². The van der Waals surface area contributed by atoms with Crippen LogP contribution in [0.25, 0.3) is 10.9 Å². The number of aromatic nitrogens is 1. The summed E-state index contributed by atoms with van der Waals surface area (Å²) in [6, 6.07) is 9.90. The van der Waals surface area contributed by atoms with Gasteiger partial charge in [-0.3, -0.25) is 4.98 Å². The summed E-state index contributed by atoms with van der Waals surface area (Å²) in [5, 5.41) is 1.11. The molecule has 0 saturated heterocycles. The number of nitrogens with zero attached hydrogens (tertiary/aromatic N) is 1. The molecule has 0 bridgehead atoms. The summed E-state index contributed by atoms with van der Waals surface area (Å²) >= 11 is 0. The Balaban J connectivity index is 2.56. The van der Waals surface area contributed by atoms with Crippen molar-refractivity contribution in [2.75, 3.05) is 0 Å². The van der Waals surface area contributed by atoms with E-state index in [1.807, 2.05) is 24.3 Å². The zero-order valence-corrected chi connectivity index (χ0v) is 7.85. The van der Waals surface area contributed by atoms with Crippen molar-refractivity contribution in [1.82, 2.24) is 4.98 Å². The molecule has 2 rings (SSSR count). The highest BCUT2D eigenvalue weighted by atomic mass is 14.7. The molecule has 0 aliphatic rings. The molecule has 2 aromatic rings. The Morgan fingerprint density at radius 2 is 2.14 bits per heavy atom. The van der Waals surface area contributed by atoms with Gasteiger partial charge in [-0.05, 0) is 17.7 Å². The van der Waals surface area contributed by atoms with Crippen LogP contribution in [-0.4, -0.2) is 4.98 Å². The SMILES string of the molecule is C=CC(N)c1cnc2ccccc2c1. The third kappa shape index (κ3) is 1.52. The number of pyridine rings is 1. The highest BCUT2D eigenvalue weighted by molar-refractivity contribution is 5.78. The molecule has 1 unspecified atom stereocenters. The molecule has 1 aromatic heterocycles. The monoisotopic (exact) mass is 184 g/mol. The maximum atomic E-state index is 5.83. The summed E-state index contributed by atoms with van der Waals surface area (Å²) < 4.78 is 0. The second kappa shape index (κ2) is 3.60. The predicted molar refractivity (Wildman–Crippen MR) is 58.9 cm³/mol. The lowest BCUT2D eigenvalue weighted by molar-refractivity contribution is 0.909. The molecule has 70 valence electrons. The number of hydrogen-bond acceptors (Lipinski definition) is 2. The van der Waals surface area contributed by atoms with Crippen LogP contribution < -0.4 is 5.73 Å². The fourth-order valence-corrected chi connectivity index (χ4v) is 1.41. The van der Waals surface area contributed by atoms with Gasteiger partial charge in [-0.25, -0.2) is 0 Å². The largest absolute Gasteiger partial charge is 0.321 e. The Hall–Kier alpha value is -1.67. The van der Waals surface area contributed by atoms with Gasteiger partial charge in [0.15, 0.2) is 0 Å². The summed E-state index contributed by atoms with van der Waals surface area (Å²) in [7, 11) is 0. The highest BCUT2D eigenvalue weighted by Crippen LogP contribution is 2.16. The van der Waals surface area contributed by atoms with Gasteiger partial charge in [0.05, 0.1) is 5.52 Å². The molecule has 0 aliphatic carbocycles. The average molecular weight is 184 g/mol. The first-order chi connectivity index (χ1) is 6.81. The molecule has 1 atom stereocenters. The second-order valence-corrected chi connectivity index (χ2v) is 3.22. The second-order valence-electron chi connectivity index (χ2n) is 3.22. The summed E-state index contributed by atoms with van der Waals surface area (Å²) in [4.78, 5) is 4.32. The molecule has 0 spiro atoms. The first-order valence-corrected chi connectivity index (χ1v) is 4.54. The summed E-state index contributed by atoms with van der Waals surface area (Å²) in [5.74, 6) is 0. The lowest BCUT2D eigenvalue weighted by Crippen LogP contribution is -2.06. The number of para-hydroxylation sites is 1. The van der Waals surface area contributed by atoms with Crippen LogP contribution in [0.15, 0.2) is 49.2 Å². The molecule has 14 heavy (non-hydrogen) atoms. The van der Waals surface area contributed by atoms with Crippen LogP contribution in [0.2, 0.25) is 0 Å². The van der Waals surface area contributed by atoms with Gasteiger partial charge in [0.25, 0.3) is 0 Å². The van der Waals surface area contributed by atoms with Gasteiger partial charge in [-0.15, -0.1) is 6.58 Å². The summed E-state index contributed by atoms with van der Waals surface area (Å²) in [6.07, 6.45) is 3.51. The van der Waals surface area contributed by atoms with E-state index in [4.69, 9.17) is 5.73 Å². The molecular formula is C12H12N2. The van der Waals surface area contributed by atoms with Crippen molar-refractivity contribution in [3.05, 3.63) is 54.7 Å². The summed E-state index contributed by atoms with van der Waals surface area (Å²) in [6.45, 7) is 3.66. The van der Waals surface area contributed by atoms with Gasteiger partial charge < -0.3 is 5.73 Å². The van der Waals surface area contributed by atoms with Crippen LogP contribution in [0.1, 0.15) is 11.6 Å². The van der Waals surface area contributed by atoms with Gasteiger partial charge in [0, 0.05) is 17.6 Å². The Morgan fingerprint density at radius 3 is 2.93 bits per heavy atom. The molecule has 1 aromatic carbocycles. The van der Waals surface area contributed by atoms with Gasteiger partial charge >= 0.3 is 0 Å². The van der Waals surface area contributed by atoms with E-state index in [0.29, 0.717) is 0 Å². The minimum atomic E-state index is -0.132. The van der Waals surface area contributed by atoms with Gasteiger partial charge in [0.2, 0.25) is 0 Å². The van der Waals surface area contributed by atoms with E-state index < -0.39 is 0 Å². The van der Waals surface area contributed by atoms with E-state index in [1.165, 1.54) is 0 Å². The van der Waals surface area contributed by atoms with E-state index in [-0.39, 0.29) is 6.04 Å². The molecule has 2 nitrogen and oxygen atoms in total. The van der Waals surface area contributed by atoms with Crippen LogP contribution in [0.5, 0.6) is 0 Å². The van der Waals surface area contributed by atoms with Crippen LogP contribution >= 0.6 is 0 Å². The van der Waals surface area contributed by atoms with Crippen molar-refractivity contribution in [3.63, 3.8) is 0 Å². The third-order valence-corrected chi connectivity index (χ3v) is 2.25. The first kappa shape index (κ1) is 8.91. The zero-order chi connectivity index (χ0) is 9.97. The highest BCUT2D eigenvalue weighted by Gasteiger charge is 2.02. The Bertz CT molecular complexity index is 463. The third-order valence-electron chi connectivity index (χ3n) is 2.25. The van der Waals surface area contributed by atoms with E-state index in [0.717, 1.165) is 16.5 Å². The van der Waals surface area contributed by atoms with Crippen molar-refractivity contribution >= 4 is 10.9 Å². The lowest BCUT2D eigenvalue weighted by atomic mass is 10.1. The lowest BCUT2D eigenvalue weighted by Gasteiger charge is -2.06. The minimum Gasteiger partial charge on any atom is -0.321 e. The van der Waals surface area contributed by atoms with E-state index in [1.54, 1.807) is 12.3 Å².